The molecule has 1 atom stereocenters. The van der Waals surface area contributed by atoms with Gasteiger partial charge in [-0.15, -0.1) is 0 Å². The summed E-state index contributed by atoms with van der Waals surface area (Å²) in [7, 11) is 2.08. The molecule has 90 valence electrons. The molecular formula is C15H25N. The molecule has 0 radical (unpaired) electrons. The van der Waals surface area contributed by atoms with E-state index in [-0.39, 0.29) is 0 Å². The van der Waals surface area contributed by atoms with Crippen LogP contribution in [0.25, 0.3) is 0 Å². The van der Waals surface area contributed by atoms with Gasteiger partial charge >= 0.3 is 0 Å². The van der Waals surface area contributed by atoms with E-state index >= 15 is 0 Å². The van der Waals surface area contributed by atoms with Crippen molar-refractivity contribution >= 4 is 0 Å². The second-order valence-corrected chi connectivity index (χ2v) is 4.66. The van der Waals surface area contributed by atoms with Crippen molar-refractivity contribution in [3.63, 3.8) is 0 Å². The summed E-state index contributed by atoms with van der Waals surface area (Å²) in [6, 6.07) is 9.52. The Kier molecular flexibility index (Phi) is 5.54. The molecule has 1 aromatic carbocycles. The number of aryl methyl sites for hydroxylation is 1. The van der Waals surface area contributed by atoms with Gasteiger partial charge < -0.3 is 5.32 Å². The van der Waals surface area contributed by atoms with Crippen molar-refractivity contribution < 1.29 is 0 Å². The Balaban J connectivity index is 2.65. The molecular weight excluding hydrogens is 194 g/mol. The second kappa shape index (κ2) is 6.70. The first-order valence-corrected chi connectivity index (χ1v) is 6.44. The lowest BCUT2D eigenvalue weighted by Gasteiger charge is -2.25. The molecule has 1 heteroatoms. The number of hydrogen-bond acceptors (Lipinski definition) is 1. The molecule has 0 saturated heterocycles. The molecule has 0 saturated carbocycles. The molecule has 0 aliphatic rings. The van der Waals surface area contributed by atoms with Gasteiger partial charge in [-0.25, -0.2) is 0 Å². The summed E-state index contributed by atoms with van der Waals surface area (Å²) in [6.45, 7) is 6.71. The highest BCUT2D eigenvalue weighted by Crippen LogP contribution is 2.17. The molecule has 1 N–H and O–H groups in total. The Labute approximate surface area is 100 Å². The van der Waals surface area contributed by atoms with Crippen molar-refractivity contribution in [3.05, 3.63) is 35.4 Å². The summed E-state index contributed by atoms with van der Waals surface area (Å²) in [4.78, 5) is 0. The SMILES string of the molecule is CCC(CC)C(Cc1ccc(C)cc1)NC. The van der Waals surface area contributed by atoms with Crippen LogP contribution in [0, 0.1) is 12.8 Å². The highest BCUT2D eigenvalue weighted by atomic mass is 14.9. The predicted molar refractivity (Wildman–Crippen MR) is 71.8 cm³/mol. The van der Waals surface area contributed by atoms with Crippen molar-refractivity contribution in [2.75, 3.05) is 7.05 Å². The van der Waals surface area contributed by atoms with Crippen LogP contribution in [-0.2, 0) is 6.42 Å². The van der Waals surface area contributed by atoms with Crippen molar-refractivity contribution in [2.24, 2.45) is 5.92 Å². The Morgan fingerprint density at radius 2 is 1.62 bits per heavy atom. The summed E-state index contributed by atoms with van der Waals surface area (Å²) in [5, 5.41) is 3.47. The Morgan fingerprint density at radius 3 is 2.06 bits per heavy atom. The molecule has 0 bridgehead atoms. The summed E-state index contributed by atoms with van der Waals surface area (Å²) < 4.78 is 0. The van der Waals surface area contributed by atoms with Crippen molar-refractivity contribution in [2.45, 2.75) is 46.1 Å². The number of nitrogens with one attached hydrogen (secondary N) is 1. The molecule has 16 heavy (non-hydrogen) atoms. The quantitative estimate of drug-likeness (QED) is 0.771. The molecule has 0 fully saturated rings. The number of hydrogen-bond donors (Lipinski definition) is 1. The third kappa shape index (κ3) is 3.64. The predicted octanol–water partition coefficient (Wildman–Crippen LogP) is 3.56. The molecule has 1 rings (SSSR count). The van der Waals surface area contributed by atoms with Gasteiger partial charge in [0.15, 0.2) is 0 Å². The fourth-order valence-corrected chi connectivity index (χ4v) is 2.34. The van der Waals surface area contributed by atoms with Gasteiger partial charge in [-0.2, -0.15) is 0 Å². The van der Waals surface area contributed by atoms with Gasteiger partial charge in [0.25, 0.3) is 0 Å². The van der Waals surface area contributed by atoms with Crippen LogP contribution < -0.4 is 5.32 Å². The molecule has 1 unspecified atom stereocenters. The first-order chi connectivity index (χ1) is 7.71. The van der Waals surface area contributed by atoms with Crippen molar-refractivity contribution in [1.29, 1.82) is 0 Å². The number of benzene rings is 1. The van der Waals surface area contributed by atoms with E-state index in [1.807, 2.05) is 0 Å². The zero-order chi connectivity index (χ0) is 12.0. The third-order valence-electron chi connectivity index (χ3n) is 3.56. The van der Waals surface area contributed by atoms with E-state index in [4.69, 9.17) is 0 Å². The Hall–Kier alpha value is -0.820. The lowest BCUT2D eigenvalue weighted by Crippen LogP contribution is -2.35. The summed E-state index contributed by atoms with van der Waals surface area (Å²) in [6.07, 6.45) is 3.66. The van der Waals surface area contributed by atoms with Gasteiger partial charge in [-0.05, 0) is 31.9 Å². The zero-order valence-corrected chi connectivity index (χ0v) is 11.1. The first-order valence-electron chi connectivity index (χ1n) is 6.44. The van der Waals surface area contributed by atoms with Crippen LogP contribution in [0.1, 0.15) is 37.8 Å². The van der Waals surface area contributed by atoms with Gasteiger partial charge in [0.05, 0.1) is 0 Å². The van der Waals surface area contributed by atoms with Crippen LogP contribution in [-0.4, -0.2) is 13.1 Å². The van der Waals surface area contributed by atoms with E-state index in [1.165, 1.54) is 24.0 Å². The molecule has 0 heterocycles. The average molecular weight is 219 g/mol. The fraction of sp³-hybridized carbons (Fsp3) is 0.600. The summed E-state index contributed by atoms with van der Waals surface area (Å²) in [5.41, 5.74) is 2.78. The van der Waals surface area contributed by atoms with Crippen LogP contribution in [0.15, 0.2) is 24.3 Å². The molecule has 0 spiro atoms. The Bertz CT molecular complexity index is 285. The normalized spacial score (nSPS) is 13.1. The maximum atomic E-state index is 3.47. The summed E-state index contributed by atoms with van der Waals surface area (Å²) in [5.74, 6) is 0.784. The standard InChI is InChI=1S/C15H25N/c1-5-14(6-2)15(16-4)11-13-9-7-12(3)8-10-13/h7-10,14-16H,5-6,11H2,1-4H3. The first kappa shape index (κ1) is 13.2. The zero-order valence-electron chi connectivity index (χ0n) is 11.1. The van der Waals surface area contributed by atoms with Crippen molar-refractivity contribution in [1.82, 2.24) is 5.32 Å². The van der Waals surface area contributed by atoms with Gasteiger partial charge in [-0.3, -0.25) is 0 Å². The van der Waals surface area contributed by atoms with Crippen LogP contribution in [0.3, 0.4) is 0 Å². The number of likely N-dealkylation sites (N-methyl/N-ethyl adjacent to an activating group) is 1. The molecule has 1 aromatic rings. The van der Waals surface area contributed by atoms with Gasteiger partial charge in [0.2, 0.25) is 0 Å². The van der Waals surface area contributed by atoms with Crippen LogP contribution >= 0.6 is 0 Å². The molecule has 0 aliphatic heterocycles. The van der Waals surface area contributed by atoms with E-state index < -0.39 is 0 Å². The topological polar surface area (TPSA) is 12.0 Å². The van der Waals surface area contributed by atoms with E-state index in [0.29, 0.717) is 6.04 Å². The van der Waals surface area contributed by atoms with Gasteiger partial charge in [0.1, 0.15) is 0 Å². The molecule has 1 nitrogen and oxygen atoms in total. The van der Waals surface area contributed by atoms with E-state index in [2.05, 4.69) is 57.4 Å². The molecule has 0 amide bonds. The highest BCUT2D eigenvalue weighted by molar-refractivity contribution is 5.22. The van der Waals surface area contributed by atoms with E-state index in [0.717, 1.165) is 12.3 Å². The lowest BCUT2D eigenvalue weighted by atomic mass is 9.89. The average Bonchev–Trinajstić information content (AvgIpc) is 2.32. The maximum absolute atomic E-state index is 3.47. The minimum absolute atomic E-state index is 0.609. The van der Waals surface area contributed by atoms with Crippen LogP contribution in [0.4, 0.5) is 0 Å². The summed E-state index contributed by atoms with van der Waals surface area (Å²) >= 11 is 0. The lowest BCUT2D eigenvalue weighted by molar-refractivity contribution is 0.349. The third-order valence-corrected chi connectivity index (χ3v) is 3.56. The van der Waals surface area contributed by atoms with Crippen LogP contribution in [0.5, 0.6) is 0 Å². The van der Waals surface area contributed by atoms with Gasteiger partial charge in [0, 0.05) is 6.04 Å². The van der Waals surface area contributed by atoms with Gasteiger partial charge in [-0.1, -0.05) is 56.5 Å². The fourth-order valence-electron chi connectivity index (χ4n) is 2.34. The van der Waals surface area contributed by atoms with E-state index in [1.54, 1.807) is 0 Å². The molecule has 0 aliphatic carbocycles. The monoisotopic (exact) mass is 219 g/mol. The Morgan fingerprint density at radius 1 is 1.06 bits per heavy atom. The molecule has 0 aromatic heterocycles. The smallest absolute Gasteiger partial charge is 0.0132 e. The van der Waals surface area contributed by atoms with Crippen molar-refractivity contribution in [3.8, 4) is 0 Å². The minimum Gasteiger partial charge on any atom is -0.316 e. The highest BCUT2D eigenvalue weighted by Gasteiger charge is 2.16. The van der Waals surface area contributed by atoms with E-state index in [9.17, 15) is 0 Å². The maximum Gasteiger partial charge on any atom is 0.0132 e. The second-order valence-electron chi connectivity index (χ2n) is 4.66. The van der Waals surface area contributed by atoms with Crippen LogP contribution in [0.2, 0.25) is 0 Å². The minimum atomic E-state index is 0.609. The largest absolute Gasteiger partial charge is 0.316 e. The number of rotatable bonds is 6.